The number of nitrogen functional groups attached to an aromatic ring is 1. The van der Waals surface area contributed by atoms with Crippen LogP contribution in [0.2, 0.25) is 0 Å². The van der Waals surface area contributed by atoms with Gasteiger partial charge in [0.1, 0.15) is 6.07 Å². The van der Waals surface area contributed by atoms with Crippen LogP contribution < -0.4 is 10.6 Å². The van der Waals surface area contributed by atoms with Crippen LogP contribution in [0.3, 0.4) is 0 Å². The number of hydrogen-bond acceptors (Lipinski definition) is 5. The molecule has 1 rings (SSSR count). The monoisotopic (exact) mass is 221 g/mol. The lowest BCUT2D eigenvalue weighted by molar-refractivity contribution is 0.281. The van der Waals surface area contributed by atoms with Crippen LogP contribution in [-0.4, -0.2) is 36.5 Å². The van der Waals surface area contributed by atoms with Gasteiger partial charge in [-0.2, -0.15) is 5.26 Å². The Bertz CT molecular complexity index is 381. The molecule has 1 aromatic carbocycles. The minimum Gasteiger partial charge on any atom is -0.398 e. The van der Waals surface area contributed by atoms with Crippen LogP contribution in [0.15, 0.2) is 18.2 Å². The second-order valence-electron chi connectivity index (χ2n) is 3.32. The Morgan fingerprint density at radius 1 is 1.25 bits per heavy atom. The summed E-state index contributed by atoms with van der Waals surface area (Å²) in [4.78, 5) is 1.79. The van der Waals surface area contributed by atoms with Crippen LogP contribution >= 0.6 is 0 Å². The number of anilines is 2. The Hall–Kier alpha value is -1.77. The Labute approximate surface area is 94.3 Å². The van der Waals surface area contributed by atoms with Gasteiger partial charge in [0.05, 0.1) is 18.8 Å². The summed E-state index contributed by atoms with van der Waals surface area (Å²) in [5, 5.41) is 26.6. The maximum absolute atomic E-state index is 8.89. The van der Waals surface area contributed by atoms with Gasteiger partial charge >= 0.3 is 0 Å². The quantitative estimate of drug-likeness (QED) is 0.605. The van der Waals surface area contributed by atoms with E-state index in [-0.39, 0.29) is 13.2 Å². The summed E-state index contributed by atoms with van der Waals surface area (Å²) >= 11 is 0. The zero-order valence-electron chi connectivity index (χ0n) is 8.93. The molecule has 0 aliphatic heterocycles. The molecular weight excluding hydrogens is 206 g/mol. The molecule has 0 radical (unpaired) electrons. The number of rotatable bonds is 5. The van der Waals surface area contributed by atoms with E-state index in [0.29, 0.717) is 24.3 Å². The Balaban J connectivity index is 2.96. The van der Waals surface area contributed by atoms with Crippen LogP contribution in [0.1, 0.15) is 5.56 Å². The summed E-state index contributed by atoms with van der Waals surface area (Å²) in [6.07, 6.45) is 0. The van der Waals surface area contributed by atoms with Gasteiger partial charge in [0.2, 0.25) is 0 Å². The third kappa shape index (κ3) is 2.86. The first-order chi connectivity index (χ1) is 7.72. The van der Waals surface area contributed by atoms with Crippen molar-refractivity contribution in [3.63, 3.8) is 0 Å². The van der Waals surface area contributed by atoms with Gasteiger partial charge in [0.25, 0.3) is 0 Å². The van der Waals surface area contributed by atoms with Gasteiger partial charge in [-0.15, -0.1) is 0 Å². The summed E-state index contributed by atoms with van der Waals surface area (Å²) < 4.78 is 0. The van der Waals surface area contributed by atoms with Crippen molar-refractivity contribution in [3.05, 3.63) is 23.8 Å². The molecule has 0 saturated carbocycles. The van der Waals surface area contributed by atoms with Crippen LogP contribution in [0.25, 0.3) is 0 Å². The Morgan fingerprint density at radius 3 is 2.38 bits per heavy atom. The fourth-order valence-corrected chi connectivity index (χ4v) is 1.45. The third-order valence-corrected chi connectivity index (χ3v) is 2.26. The van der Waals surface area contributed by atoms with Crippen molar-refractivity contribution in [3.8, 4) is 6.07 Å². The van der Waals surface area contributed by atoms with E-state index in [1.165, 1.54) is 0 Å². The number of nitrogens with two attached hydrogens (primary N) is 1. The molecule has 5 heteroatoms. The number of nitriles is 1. The highest BCUT2D eigenvalue weighted by Crippen LogP contribution is 2.20. The van der Waals surface area contributed by atoms with Gasteiger partial charge < -0.3 is 20.8 Å². The van der Waals surface area contributed by atoms with Crippen molar-refractivity contribution in [1.82, 2.24) is 0 Å². The molecular formula is C11H15N3O2. The summed E-state index contributed by atoms with van der Waals surface area (Å²) in [5.74, 6) is 0. The smallest absolute Gasteiger partial charge is 0.101 e. The molecule has 86 valence electrons. The van der Waals surface area contributed by atoms with Gasteiger partial charge in [-0.05, 0) is 18.2 Å². The van der Waals surface area contributed by atoms with Gasteiger partial charge in [0.15, 0.2) is 0 Å². The highest BCUT2D eigenvalue weighted by molar-refractivity contribution is 5.62. The van der Waals surface area contributed by atoms with Crippen LogP contribution in [-0.2, 0) is 0 Å². The number of benzene rings is 1. The average Bonchev–Trinajstić information content (AvgIpc) is 2.29. The first kappa shape index (κ1) is 12.3. The van der Waals surface area contributed by atoms with E-state index < -0.39 is 0 Å². The number of hydrogen-bond donors (Lipinski definition) is 3. The SMILES string of the molecule is N#Cc1cc(N(CCO)CCO)ccc1N. The fourth-order valence-electron chi connectivity index (χ4n) is 1.45. The highest BCUT2D eigenvalue weighted by Gasteiger charge is 2.07. The predicted molar refractivity (Wildman–Crippen MR) is 62.0 cm³/mol. The normalized spacial score (nSPS) is 9.81. The molecule has 0 bridgehead atoms. The summed E-state index contributed by atoms with van der Waals surface area (Å²) in [5.41, 5.74) is 7.21. The molecule has 0 aromatic heterocycles. The molecule has 0 saturated heterocycles. The van der Waals surface area contributed by atoms with Crippen molar-refractivity contribution in [2.24, 2.45) is 0 Å². The number of nitrogens with zero attached hydrogens (tertiary/aromatic N) is 2. The molecule has 0 fully saturated rings. The molecule has 5 nitrogen and oxygen atoms in total. The minimum absolute atomic E-state index is 0.00768. The molecule has 0 heterocycles. The molecule has 0 spiro atoms. The van der Waals surface area contributed by atoms with Gasteiger partial charge in [-0.3, -0.25) is 0 Å². The maximum atomic E-state index is 8.89. The number of aliphatic hydroxyl groups is 2. The molecule has 1 aromatic rings. The summed E-state index contributed by atoms with van der Waals surface area (Å²) in [7, 11) is 0. The van der Waals surface area contributed by atoms with Crippen molar-refractivity contribution >= 4 is 11.4 Å². The maximum Gasteiger partial charge on any atom is 0.101 e. The second-order valence-corrected chi connectivity index (χ2v) is 3.32. The van der Waals surface area contributed by atoms with Gasteiger partial charge in [-0.25, -0.2) is 0 Å². The van der Waals surface area contributed by atoms with E-state index >= 15 is 0 Å². The predicted octanol–water partition coefficient (Wildman–Crippen LogP) is -0.0685. The topological polar surface area (TPSA) is 93.5 Å². The zero-order chi connectivity index (χ0) is 12.0. The first-order valence-electron chi connectivity index (χ1n) is 4.99. The zero-order valence-corrected chi connectivity index (χ0v) is 8.93. The van der Waals surface area contributed by atoms with Gasteiger partial charge in [0, 0.05) is 24.5 Å². The largest absolute Gasteiger partial charge is 0.398 e. The van der Waals surface area contributed by atoms with Crippen molar-refractivity contribution in [1.29, 1.82) is 5.26 Å². The Kier molecular flexibility index (Phi) is 4.58. The fraction of sp³-hybridized carbons (Fsp3) is 0.364. The van der Waals surface area contributed by atoms with E-state index in [2.05, 4.69) is 0 Å². The molecule has 16 heavy (non-hydrogen) atoms. The third-order valence-electron chi connectivity index (χ3n) is 2.26. The molecule has 4 N–H and O–H groups in total. The van der Waals surface area contributed by atoms with Crippen molar-refractivity contribution in [2.75, 3.05) is 36.9 Å². The van der Waals surface area contributed by atoms with Crippen LogP contribution in [0, 0.1) is 11.3 Å². The van der Waals surface area contributed by atoms with Crippen LogP contribution in [0.4, 0.5) is 11.4 Å². The van der Waals surface area contributed by atoms with Crippen molar-refractivity contribution in [2.45, 2.75) is 0 Å². The molecule has 0 unspecified atom stereocenters. The van der Waals surface area contributed by atoms with E-state index in [9.17, 15) is 0 Å². The van der Waals surface area contributed by atoms with E-state index in [1.807, 2.05) is 6.07 Å². The second kappa shape index (κ2) is 5.95. The lowest BCUT2D eigenvalue weighted by Crippen LogP contribution is -2.29. The lowest BCUT2D eigenvalue weighted by Gasteiger charge is -2.23. The average molecular weight is 221 g/mol. The highest BCUT2D eigenvalue weighted by atomic mass is 16.3. The van der Waals surface area contributed by atoms with Gasteiger partial charge in [-0.1, -0.05) is 0 Å². The standard InChI is InChI=1S/C11H15N3O2/c12-8-9-7-10(1-2-11(9)13)14(3-5-15)4-6-16/h1-2,7,15-16H,3-6,13H2. The summed E-state index contributed by atoms with van der Waals surface area (Å²) in [6.45, 7) is 0.809. The van der Waals surface area contributed by atoms with E-state index in [0.717, 1.165) is 5.69 Å². The lowest BCUT2D eigenvalue weighted by atomic mass is 10.1. The number of aliphatic hydroxyl groups excluding tert-OH is 2. The summed E-state index contributed by atoms with van der Waals surface area (Å²) in [6, 6.07) is 7.07. The molecule has 0 aliphatic rings. The molecule has 0 aliphatic carbocycles. The van der Waals surface area contributed by atoms with Crippen molar-refractivity contribution < 1.29 is 10.2 Å². The van der Waals surface area contributed by atoms with Crippen LogP contribution in [0.5, 0.6) is 0 Å². The molecule has 0 amide bonds. The Morgan fingerprint density at radius 2 is 1.88 bits per heavy atom. The first-order valence-corrected chi connectivity index (χ1v) is 4.99. The molecule has 0 atom stereocenters. The minimum atomic E-state index is -0.00768. The van der Waals surface area contributed by atoms with E-state index in [1.54, 1.807) is 23.1 Å². The van der Waals surface area contributed by atoms with E-state index in [4.69, 9.17) is 21.2 Å².